The zero-order valence-electron chi connectivity index (χ0n) is 13.5. The summed E-state index contributed by atoms with van der Waals surface area (Å²) in [4.78, 5) is 26.0. The van der Waals surface area contributed by atoms with Gasteiger partial charge < -0.3 is 15.5 Å². The lowest BCUT2D eigenvalue weighted by atomic mass is 10.1. The average Bonchev–Trinajstić information content (AvgIpc) is 3.16. The second-order valence-electron chi connectivity index (χ2n) is 5.54. The molecule has 0 saturated heterocycles. The molecule has 24 heavy (non-hydrogen) atoms. The van der Waals surface area contributed by atoms with Crippen molar-refractivity contribution in [2.45, 2.75) is 19.5 Å². The molecule has 0 fully saturated rings. The third-order valence-electron chi connectivity index (χ3n) is 3.89. The lowest BCUT2D eigenvalue weighted by Gasteiger charge is -2.21. The predicted octanol–water partition coefficient (Wildman–Crippen LogP) is 1.28. The molecule has 0 saturated carbocycles. The fourth-order valence-electron chi connectivity index (χ4n) is 2.72. The number of hydrogen-bond acceptors (Lipinski definition) is 5. The van der Waals surface area contributed by atoms with Gasteiger partial charge in [0.2, 0.25) is 0 Å². The summed E-state index contributed by atoms with van der Waals surface area (Å²) >= 11 is 0. The first kappa shape index (κ1) is 17.7. The van der Waals surface area contributed by atoms with Crippen molar-refractivity contribution in [2.75, 3.05) is 19.6 Å². The SMILES string of the molecule is CC1c2ccccc2CN1CC1=NCCN1.O=C(O)C=CC(=O)O. The third-order valence-corrected chi connectivity index (χ3v) is 3.89. The summed E-state index contributed by atoms with van der Waals surface area (Å²) < 4.78 is 0. The van der Waals surface area contributed by atoms with Crippen molar-refractivity contribution in [1.82, 2.24) is 10.2 Å². The number of rotatable bonds is 4. The highest BCUT2D eigenvalue weighted by atomic mass is 16.4. The van der Waals surface area contributed by atoms with E-state index < -0.39 is 11.9 Å². The number of nitrogens with zero attached hydrogens (tertiary/aromatic N) is 2. The Morgan fingerprint density at radius 1 is 1.29 bits per heavy atom. The topological polar surface area (TPSA) is 102 Å². The van der Waals surface area contributed by atoms with Crippen molar-refractivity contribution in [3.8, 4) is 0 Å². The number of aliphatic imine (C=N–C) groups is 1. The zero-order chi connectivity index (χ0) is 17.5. The normalized spacial score (nSPS) is 19.2. The minimum atomic E-state index is -1.26. The fourth-order valence-corrected chi connectivity index (χ4v) is 2.72. The Morgan fingerprint density at radius 3 is 2.50 bits per heavy atom. The van der Waals surface area contributed by atoms with E-state index in [-0.39, 0.29) is 0 Å². The van der Waals surface area contributed by atoms with Gasteiger partial charge in [-0.3, -0.25) is 9.89 Å². The van der Waals surface area contributed by atoms with Crippen molar-refractivity contribution in [2.24, 2.45) is 4.99 Å². The summed E-state index contributed by atoms with van der Waals surface area (Å²) in [6, 6.07) is 9.24. The monoisotopic (exact) mass is 331 g/mol. The van der Waals surface area contributed by atoms with Crippen LogP contribution in [0.3, 0.4) is 0 Å². The molecule has 3 N–H and O–H groups in total. The Balaban J connectivity index is 0.000000224. The summed E-state index contributed by atoms with van der Waals surface area (Å²) in [5, 5.41) is 19.0. The molecule has 0 bridgehead atoms. The van der Waals surface area contributed by atoms with E-state index in [0.717, 1.165) is 32.0 Å². The molecule has 1 unspecified atom stereocenters. The number of carbonyl (C=O) groups is 2. The Bertz CT molecular complexity index is 654. The molecule has 0 radical (unpaired) electrons. The van der Waals surface area contributed by atoms with Crippen molar-refractivity contribution < 1.29 is 19.8 Å². The van der Waals surface area contributed by atoms with Crippen LogP contribution < -0.4 is 5.32 Å². The number of carboxylic acids is 2. The molecule has 0 aromatic heterocycles. The first-order valence-electron chi connectivity index (χ1n) is 7.70. The molecule has 1 aromatic rings. The van der Waals surface area contributed by atoms with Gasteiger partial charge in [0.1, 0.15) is 5.84 Å². The molecule has 7 heteroatoms. The van der Waals surface area contributed by atoms with E-state index in [1.807, 2.05) is 0 Å². The van der Waals surface area contributed by atoms with E-state index in [1.165, 1.54) is 11.1 Å². The Labute approximate surface area is 140 Å². The van der Waals surface area contributed by atoms with E-state index in [4.69, 9.17) is 10.2 Å². The summed E-state index contributed by atoms with van der Waals surface area (Å²) in [5.74, 6) is -1.36. The lowest BCUT2D eigenvalue weighted by Crippen LogP contribution is -2.33. The number of nitrogens with one attached hydrogen (secondary N) is 1. The Morgan fingerprint density at radius 2 is 1.96 bits per heavy atom. The van der Waals surface area contributed by atoms with E-state index in [2.05, 4.69) is 46.4 Å². The summed E-state index contributed by atoms with van der Waals surface area (Å²) in [5.41, 5.74) is 2.94. The molecular formula is C17H21N3O4. The van der Waals surface area contributed by atoms with E-state index in [1.54, 1.807) is 0 Å². The molecule has 0 spiro atoms. The summed E-state index contributed by atoms with van der Waals surface area (Å²) in [6.07, 6.45) is 1.12. The quantitative estimate of drug-likeness (QED) is 0.718. The molecule has 0 aliphatic carbocycles. The van der Waals surface area contributed by atoms with Crippen LogP contribution in [0.4, 0.5) is 0 Å². The van der Waals surface area contributed by atoms with Crippen LogP contribution in [-0.4, -0.2) is 52.5 Å². The van der Waals surface area contributed by atoms with Gasteiger partial charge in [-0.15, -0.1) is 0 Å². The van der Waals surface area contributed by atoms with Gasteiger partial charge in [0.05, 0.1) is 13.1 Å². The van der Waals surface area contributed by atoms with E-state index in [9.17, 15) is 9.59 Å². The molecule has 2 aliphatic heterocycles. The molecule has 2 aliphatic rings. The standard InChI is InChI=1S/C13H17N3.C4H4O4/c1-10-12-5-3-2-4-11(12)8-16(10)9-13-14-6-7-15-13;5-3(6)1-2-4(7)8/h2-5,10H,6-9H2,1H3,(H,14,15);1-2H,(H,5,6)(H,7,8). The van der Waals surface area contributed by atoms with E-state index >= 15 is 0 Å². The van der Waals surface area contributed by atoms with Crippen LogP contribution in [0.5, 0.6) is 0 Å². The average molecular weight is 331 g/mol. The Hall–Kier alpha value is -2.67. The largest absolute Gasteiger partial charge is 0.478 e. The van der Waals surface area contributed by atoms with Gasteiger partial charge in [0.15, 0.2) is 0 Å². The maximum absolute atomic E-state index is 9.55. The van der Waals surface area contributed by atoms with Gasteiger partial charge in [-0.05, 0) is 18.1 Å². The second kappa shape index (κ2) is 8.26. The van der Waals surface area contributed by atoms with Crippen LogP contribution in [0.15, 0.2) is 41.4 Å². The molecular weight excluding hydrogens is 310 g/mol. The molecule has 0 amide bonds. The summed E-state index contributed by atoms with van der Waals surface area (Å²) in [6.45, 7) is 6.23. The van der Waals surface area contributed by atoms with Crippen LogP contribution >= 0.6 is 0 Å². The number of fused-ring (bicyclic) bond motifs is 1. The van der Waals surface area contributed by atoms with Crippen LogP contribution in [0, 0.1) is 0 Å². The van der Waals surface area contributed by atoms with Crippen molar-refractivity contribution in [3.05, 3.63) is 47.5 Å². The van der Waals surface area contributed by atoms with Gasteiger partial charge >= 0.3 is 11.9 Å². The van der Waals surface area contributed by atoms with E-state index in [0.29, 0.717) is 18.2 Å². The highest BCUT2D eigenvalue weighted by Gasteiger charge is 2.27. The molecule has 7 nitrogen and oxygen atoms in total. The lowest BCUT2D eigenvalue weighted by molar-refractivity contribution is -0.134. The minimum Gasteiger partial charge on any atom is -0.478 e. The second-order valence-corrected chi connectivity index (χ2v) is 5.54. The molecule has 2 heterocycles. The first-order chi connectivity index (χ1) is 11.5. The van der Waals surface area contributed by atoms with Crippen LogP contribution in [0.25, 0.3) is 0 Å². The highest BCUT2D eigenvalue weighted by molar-refractivity contribution is 5.89. The molecule has 1 atom stereocenters. The number of aliphatic carboxylic acids is 2. The van der Waals surface area contributed by atoms with Crippen LogP contribution in [-0.2, 0) is 16.1 Å². The van der Waals surface area contributed by atoms with Crippen LogP contribution in [0.1, 0.15) is 24.1 Å². The van der Waals surface area contributed by atoms with Gasteiger partial charge in [-0.2, -0.15) is 0 Å². The molecule has 3 rings (SSSR count). The smallest absolute Gasteiger partial charge is 0.328 e. The van der Waals surface area contributed by atoms with Gasteiger partial charge in [-0.1, -0.05) is 24.3 Å². The van der Waals surface area contributed by atoms with Crippen molar-refractivity contribution in [1.29, 1.82) is 0 Å². The van der Waals surface area contributed by atoms with Crippen LogP contribution in [0.2, 0.25) is 0 Å². The number of hydrogen-bond donors (Lipinski definition) is 3. The maximum atomic E-state index is 9.55. The van der Waals surface area contributed by atoms with Crippen molar-refractivity contribution in [3.63, 3.8) is 0 Å². The third kappa shape index (κ3) is 4.92. The zero-order valence-corrected chi connectivity index (χ0v) is 13.5. The Kier molecular flexibility index (Phi) is 6.08. The van der Waals surface area contributed by atoms with Gasteiger partial charge in [0, 0.05) is 31.3 Å². The minimum absolute atomic E-state index is 0.515. The summed E-state index contributed by atoms with van der Waals surface area (Å²) in [7, 11) is 0. The van der Waals surface area contributed by atoms with Crippen molar-refractivity contribution >= 4 is 17.8 Å². The molecule has 1 aromatic carbocycles. The first-order valence-corrected chi connectivity index (χ1v) is 7.70. The highest BCUT2D eigenvalue weighted by Crippen LogP contribution is 2.32. The maximum Gasteiger partial charge on any atom is 0.328 e. The fraction of sp³-hybridized carbons (Fsp3) is 0.353. The molecule has 128 valence electrons. The number of benzene rings is 1. The predicted molar refractivity (Wildman–Crippen MR) is 90.0 cm³/mol. The van der Waals surface area contributed by atoms with Gasteiger partial charge in [0.25, 0.3) is 0 Å². The van der Waals surface area contributed by atoms with Gasteiger partial charge in [-0.25, -0.2) is 9.59 Å². The number of amidine groups is 1. The number of carboxylic acid groups (broad SMARTS) is 2.